The maximum Gasteiger partial charge on any atom is 0.269 e. The molecule has 2 atom stereocenters. The van der Waals surface area contributed by atoms with Gasteiger partial charge in [-0.3, -0.25) is 14.9 Å². The number of methoxy groups -OCH3 is 2. The number of nitrogens with one attached hydrogen (secondary N) is 1. The van der Waals surface area contributed by atoms with Gasteiger partial charge in [0, 0.05) is 44.0 Å². The van der Waals surface area contributed by atoms with Crippen LogP contribution in [-0.2, 0) is 17.6 Å². The normalized spacial score (nSPS) is 18.1. The molecule has 2 heterocycles. The van der Waals surface area contributed by atoms with Gasteiger partial charge in [-0.15, -0.1) is 0 Å². The number of nitrogens with zero attached hydrogens (tertiary/aromatic N) is 3. The zero-order valence-corrected chi connectivity index (χ0v) is 21.9. The quantitative estimate of drug-likeness (QED) is 0.345. The van der Waals surface area contributed by atoms with Crippen LogP contribution in [0.3, 0.4) is 0 Å². The number of halogens is 1. The van der Waals surface area contributed by atoms with E-state index < -0.39 is 10.8 Å². The minimum Gasteiger partial charge on any atom is -0.493 e. The molecule has 0 bridgehead atoms. The van der Waals surface area contributed by atoms with Crippen molar-refractivity contribution in [2.75, 3.05) is 50.2 Å². The molecule has 204 valence electrons. The number of nitro groups is 1. The number of non-ortho nitro benzene ring substituents is 1. The smallest absolute Gasteiger partial charge is 0.269 e. The molecule has 1 N–H and O–H groups in total. The Balaban J connectivity index is 1.36. The minimum atomic E-state index is -0.459. The fraction of sp³-hybridized carbons (Fsp3) is 0.345. The summed E-state index contributed by atoms with van der Waals surface area (Å²) in [6.07, 6.45) is 0.960. The molecule has 1 amide bonds. The second-order valence-corrected chi connectivity index (χ2v) is 9.77. The van der Waals surface area contributed by atoms with Crippen LogP contribution in [-0.4, -0.2) is 57.3 Å². The number of para-hydroxylation sites is 1. The maximum absolute atomic E-state index is 14.6. The maximum atomic E-state index is 14.6. The molecule has 10 heteroatoms. The van der Waals surface area contributed by atoms with Crippen molar-refractivity contribution in [2.45, 2.75) is 18.9 Å². The van der Waals surface area contributed by atoms with Gasteiger partial charge in [-0.05, 0) is 54.3 Å². The van der Waals surface area contributed by atoms with Crippen molar-refractivity contribution in [2.24, 2.45) is 5.92 Å². The predicted molar refractivity (Wildman–Crippen MR) is 146 cm³/mol. The number of benzene rings is 3. The third kappa shape index (κ3) is 5.32. The molecule has 3 aromatic rings. The summed E-state index contributed by atoms with van der Waals surface area (Å²) in [4.78, 5) is 28.7. The molecule has 1 saturated heterocycles. The molecule has 3 aromatic carbocycles. The number of ether oxygens (including phenoxy) is 2. The molecular formula is C29H31FN4O5. The van der Waals surface area contributed by atoms with Crippen LogP contribution in [0.2, 0.25) is 0 Å². The van der Waals surface area contributed by atoms with Crippen LogP contribution in [0.5, 0.6) is 11.5 Å². The number of carbonyl (C=O) groups excluding carboxylic acids is 1. The van der Waals surface area contributed by atoms with E-state index in [1.165, 1.54) is 12.1 Å². The van der Waals surface area contributed by atoms with E-state index in [2.05, 4.69) is 10.2 Å². The van der Waals surface area contributed by atoms with Crippen molar-refractivity contribution in [1.82, 2.24) is 5.32 Å². The van der Waals surface area contributed by atoms with Crippen LogP contribution in [0.1, 0.15) is 11.1 Å². The number of hydrogen-bond acceptors (Lipinski definition) is 7. The Bertz CT molecular complexity index is 1380. The molecule has 0 spiro atoms. The monoisotopic (exact) mass is 534 g/mol. The molecule has 5 rings (SSSR count). The van der Waals surface area contributed by atoms with Gasteiger partial charge in [0.05, 0.1) is 36.8 Å². The van der Waals surface area contributed by atoms with Gasteiger partial charge >= 0.3 is 0 Å². The Morgan fingerprint density at radius 2 is 1.85 bits per heavy atom. The average Bonchev–Trinajstić information content (AvgIpc) is 2.96. The largest absolute Gasteiger partial charge is 0.493 e. The number of nitro benzene ring substituents is 1. The SMILES string of the molecule is COc1ccc(CCNC(=O)[C@H]2Cc3cc([N+](=O)[O-])ccc3N3CCN(c4ccccc4F)C[C@H]23)cc1OC. The first-order valence-corrected chi connectivity index (χ1v) is 12.9. The summed E-state index contributed by atoms with van der Waals surface area (Å²) < 4.78 is 25.3. The van der Waals surface area contributed by atoms with Crippen molar-refractivity contribution in [3.8, 4) is 11.5 Å². The van der Waals surface area contributed by atoms with Gasteiger partial charge in [0.2, 0.25) is 5.91 Å². The third-order valence-electron chi connectivity index (χ3n) is 7.60. The Morgan fingerprint density at radius 1 is 1.05 bits per heavy atom. The summed E-state index contributed by atoms with van der Waals surface area (Å²) in [7, 11) is 3.16. The van der Waals surface area contributed by atoms with E-state index in [0.717, 1.165) is 16.8 Å². The molecule has 0 unspecified atom stereocenters. The summed E-state index contributed by atoms with van der Waals surface area (Å²) in [5, 5.41) is 14.5. The highest BCUT2D eigenvalue weighted by Gasteiger charge is 2.42. The number of rotatable bonds is 8. The van der Waals surface area contributed by atoms with Gasteiger partial charge < -0.3 is 24.6 Å². The van der Waals surface area contributed by atoms with Crippen molar-refractivity contribution >= 4 is 23.0 Å². The van der Waals surface area contributed by atoms with Crippen molar-refractivity contribution in [3.63, 3.8) is 0 Å². The van der Waals surface area contributed by atoms with Crippen LogP contribution < -0.4 is 24.6 Å². The summed E-state index contributed by atoms with van der Waals surface area (Å²) in [6, 6.07) is 16.9. The second kappa shape index (κ2) is 11.2. The zero-order chi connectivity index (χ0) is 27.5. The summed E-state index contributed by atoms with van der Waals surface area (Å²) in [5.74, 6) is 0.376. The lowest BCUT2D eigenvalue weighted by atomic mass is 9.83. The highest BCUT2D eigenvalue weighted by Crippen LogP contribution is 2.39. The molecule has 0 aromatic heterocycles. The number of carbonyl (C=O) groups is 1. The van der Waals surface area contributed by atoms with E-state index in [-0.39, 0.29) is 23.5 Å². The lowest BCUT2D eigenvalue weighted by Crippen LogP contribution is -2.61. The summed E-state index contributed by atoms with van der Waals surface area (Å²) >= 11 is 0. The number of amides is 1. The van der Waals surface area contributed by atoms with Crippen molar-refractivity contribution in [3.05, 3.63) is 87.7 Å². The first kappa shape index (κ1) is 26.3. The van der Waals surface area contributed by atoms with Crippen molar-refractivity contribution in [1.29, 1.82) is 0 Å². The number of hydrogen-bond donors (Lipinski definition) is 1. The zero-order valence-electron chi connectivity index (χ0n) is 21.9. The van der Waals surface area contributed by atoms with Gasteiger partial charge in [-0.1, -0.05) is 18.2 Å². The first-order chi connectivity index (χ1) is 18.9. The average molecular weight is 535 g/mol. The lowest BCUT2D eigenvalue weighted by molar-refractivity contribution is -0.384. The highest BCUT2D eigenvalue weighted by molar-refractivity contribution is 5.82. The van der Waals surface area contributed by atoms with E-state index in [0.29, 0.717) is 56.2 Å². The Morgan fingerprint density at radius 3 is 2.59 bits per heavy atom. The van der Waals surface area contributed by atoms with Crippen LogP contribution in [0, 0.1) is 21.8 Å². The van der Waals surface area contributed by atoms with Crippen LogP contribution in [0.25, 0.3) is 0 Å². The highest BCUT2D eigenvalue weighted by atomic mass is 19.1. The van der Waals surface area contributed by atoms with E-state index in [9.17, 15) is 19.3 Å². The van der Waals surface area contributed by atoms with Crippen LogP contribution >= 0.6 is 0 Å². The van der Waals surface area contributed by atoms with E-state index in [1.54, 1.807) is 44.6 Å². The van der Waals surface area contributed by atoms with E-state index >= 15 is 0 Å². The van der Waals surface area contributed by atoms with Gasteiger partial charge in [-0.2, -0.15) is 0 Å². The van der Waals surface area contributed by atoms with E-state index in [1.807, 2.05) is 23.1 Å². The molecule has 0 radical (unpaired) electrons. The lowest BCUT2D eigenvalue weighted by Gasteiger charge is -2.49. The van der Waals surface area contributed by atoms with Crippen LogP contribution in [0.15, 0.2) is 60.7 Å². The molecule has 39 heavy (non-hydrogen) atoms. The predicted octanol–water partition coefficient (Wildman–Crippen LogP) is 3.98. The summed E-state index contributed by atoms with van der Waals surface area (Å²) in [5.41, 5.74) is 3.18. The molecule has 2 aliphatic rings. The number of fused-ring (bicyclic) bond motifs is 3. The second-order valence-electron chi connectivity index (χ2n) is 9.77. The fourth-order valence-electron chi connectivity index (χ4n) is 5.65. The Kier molecular flexibility index (Phi) is 7.53. The van der Waals surface area contributed by atoms with Gasteiger partial charge in [0.25, 0.3) is 5.69 Å². The van der Waals surface area contributed by atoms with Crippen LogP contribution in [0.4, 0.5) is 21.5 Å². The number of anilines is 2. The van der Waals surface area contributed by atoms with Gasteiger partial charge in [0.1, 0.15) is 5.82 Å². The molecule has 0 saturated carbocycles. The summed E-state index contributed by atoms with van der Waals surface area (Å²) in [6.45, 7) is 2.02. The standard InChI is InChI=1S/C29H31FN4O5/c1-38-27-10-7-19(15-28(27)39-2)11-12-31-29(35)22-17-20-16-21(34(36)37)8-9-24(20)33-14-13-32(18-26(22)33)25-6-4-3-5-23(25)30/h3-10,15-16,22,26H,11-14,17-18H2,1-2H3,(H,31,35)/t22-,26+/m0/s1. The van der Waals surface area contributed by atoms with Crippen molar-refractivity contribution < 1.29 is 23.6 Å². The first-order valence-electron chi connectivity index (χ1n) is 12.9. The Hall–Kier alpha value is -4.34. The fourth-order valence-corrected chi connectivity index (χ4v) is 5.65. The third-order valence-corrected chi connectivity index (χ3v) is 7.60. The molecular weight excluding hydrogens is 503 g/mol. The number of piperazine rings is 1. The molecule has 1 fully saturated rings. The molecule has 0 aliphatic carbocycles. The minimum absolute atomic E-state index is 0.00445. The van der Waals surface area contributed by atoms with Gasteiger partial charge in [0.15, 0.2) is 11.5 Å². The van der Waals surface area contributed by atoms with Gasteiger partial charge in [-0.25, -0.2) is 4.39 Å². The van der Waals surface area contributed by atoms with E-state index in [4.69, 9.17) is 9.47 Å². The Labute approximate surface area is 226 Å². The molecule has 2 aliphatic heterocycles. The topological polar surface area (TPSA) is 97.2 Å². The molecule has 9 nitrogen and oxygen atoms in total.